The first kappa shape index (κ1) is 14.8. The van der Waals surface area contributed by atoms with E-state index in [-0.39, 0.29) is 5.91 Å². The van der Waals surface area contributed by atoms with Crippen LogP contribution in [0.2, 0.25) is 5.02 Å². The van der Waals surface area contributed by atoms with E-state index in [2.05, 4.69) is 20.1 Å². The molecule has 1 aromatic rings. The number of amides is 1. The van der Waals surface area contributed by atoms with E-state index in [1.165, 1.54) is 25.6 Å². The summed E-state index contributed by atoms with van der Waals surface area (Å²) >= 11 is 5.78. The van der Waals surface area contributed by atoms with Crippen molar-refractivity contribution in [3.8, 4) is 0 Å². The maximum atomic E-state index is 12.1. The Hall–Kier alpha value is -1.17. The topological polar surface area (TPSA) is 48.5 Å². The van der Waals surface area contributed by atoms with Gasteiger partial charge in [-0.05, 0) is 44.5 Å². The molecule has 1 saturated carbocycles. The van der Waals surface area contributed by atoms with E-state index in [4.69, 9.17) is 11.6 Å². The van der Waals surface area contributed by atoms with E-state index in [1.807, 2.05) is 0 Å². The average molecular weight is 309 g/mol. The number of nitrogens with zero attached hydrogens (tertiary/aromatic N) is 3. The lowest BCUT2D eigenvalue weighted by Crippen LogP contribution is -2.36. The third kappa shape index (κ3) is 4.40. The Morgan fingerprint density at radius 1 is 1.29 bits per heavy atom. The fraction of sp³-hybridized carbons (Fsp3) is 0.600. The normalized spacial score (nSPS) is 21.0. The smallest absolute Gasteiger partial charge is 0.239 e. The Labute approximate surface area is 130 Å². The summed E-state index contributed by atoms with van der Waals surface area (Å²) in [6.45, 7) is 4.64. The second-order valence-corrected chi connectivity index (χ2v) is 6.24. The molecule has 1 aliphatic carbocycles. The monoisotopic (exact) mass is 308 g/mol. The molecule has 0 aromatic carbocycles. The number of carbonyl (C=O) groups is 1. The quantitative estimate of drug-likeness (QED) is 0.922. The van der Waals surface area contributed by atoms with E-state index in [0.717, 1.165) is 32.1 Å². The molecule has 1 N–H and O–H groups in total. The Balaban J connectivity index is 1.46. The average Bonchev–Trinajstić information content (AvgIpc) is 3.28. The van der Waals surface area contributed by atoms with Crippen molar-refractivity contribution in [2.45, 2.75) is 25.3 Å². The van der Waals surface area contributed by atoms with Crippen molar-refractivity contribution in [2.24, 2.45) is 0 Å². The molecule has 2 fully saturated rings. The van der Waals surface area contributed by atoms with Crippen LogP contribution >= 0.6 is 11.6 Å². The van der Waals surface area contributed by atoms with Gasteiger partial charge in [0.25, 0.3) is 0 Å². The third-order valence-electron chi connectivity index (χ3n) is 4.05. The molecular formula is C15H21ClN4O. The summed E-state index contributed by atoms with van der Waals surface area (Å²) in [7, 11) is 0. The number of rotatable bonds is 4. The highest BCUT2D eigenvalue weighted by molar-refractivity contribution is 6.30. The van der Waals surface area contributed by atoms with Gasteiger partial charge in [0.2, 0.25) is 5.91 Å². The molecule has 21 heavy (non-hydrogen) atoms. The van der Waals surface area contributed by atoms with Crippen molar-refractivity contribution in [3.63, 3.8) is 0 Å². The Bertz CT molecular complexity index is 489. The van der Waals surface area contributed by atoms with Crippen molar-refractivity contribution < 1.29 is 4.79 Å². The fourth-order valence-electron chi connectivity index (χ4n) is 2.79. The van der Waals surface area contributed by atoms with Gasteiger partial charge in [0.05, 0.1) is 11.6 Å². The van der Waals surface area contributed by atoms with Crippen LogP contribution in [0, 0.1) is 0 Å². The van der Waals surface area contributed by atoms with Gasteiger partial charge in [-0.3, -0.25) is 14.6 Å². The first-order valence-corrected chi connectivity index (χ1v) is 7.96. The van der Waals surface area contributed by atoms with Gasteiger partial charge in [0, 0.05) is 25.3 Å². The number of nitrogens with one attached hydrogen (secondary N) is 1. The predicted octanol–water partition coefficient (Wildman–Crippen LogP) is 1.84. The maximum Gasteiger partial charge on any atom is 0.239 e. The summed E-state index contributed by atoms with van der Waals surface area (Å²) in [5, 5.41) is 3.39. The number of carbonyl (C=O) groups excluding carboxylic acids is 1. The van der Waals surface area contributed by atoms with Crippen LogP contribution in [0.3, 0.4) is 0 Å². The highest BCUT2D eigenvalue weighted by Crippen LogP contribution is 2.27. The molecule has 1 amide bonds. The van der Waals surface area contributed by atoms with Crippen LogP contribution in [-0.2, 0) is 4.79 Å². The molecule has 114 valence electrons. The zero-order chi connectivity index (χ0) is 14.7. The SMILES string of the molecule is O=C(CN1CCCN(C2CC2)CC1)Nc1ccc(Cl)cn1. The molecule has 1 saturated heterocycles. The van der Waals surface area contributed by atoms with Gasteiger partial charge in [-0.25, -0.2) is 4.98 Å². The van der Waals surface area contributed by atoms with Crippen LogP contribution in [0.15, 0.2) is 18.3 Å². The first-order chi connectivity index (χ1) is 10.2. The van der Waals surface area contributed by atoms with E-state index < -0.39 is 0 Å². The number of hydrogen-bond donors (Lipinski definition) is 1. The first-order valence-electron chi connectivity index (χ1n) is 7.58. The molecule has 3 rings (SSSR count). The predicted molar refractivity (Wildman–Crippen MR) is 83.5 cm³/mol. The number of halogens is 1. The van der Waals surface area contributed by atoms with Crippen molar-refractivity contribution in [1.82, 2.24) is 14.8 Å². The summed E-state index contributed by atoms with van der Waals surface area (Å²) < 4.78 is 0. The number of pyridine rings is 1. The van der Waals surface area contributed by atoms with E-state index >= 15 is 0 Å². The number of hydrogen-bond acceptors (Lipinski definition) is 4. The number of aromatic nitrogens is 1. The van der Waals surface area contributed by atoms with Gasteiger partial charge < -0.3 is 5.32 Å². The summed E-state index contributed by atoms with van der Waals surface area (Å²) in [6.07, 6.45) is 5.38. The van der Waals surface area contributed by atoms with Crippen LogP contribution in [0.25, 0.3) is 0 Å². The van der Waals surface area contributed by atoms with Gasteiger partial charge in [-0.1, -0.05) is 11.6 Å². The largest absolute Gasteiger partial charge is 0.310 e. The molecular weight excluding hydrogens is 288 g/mol. The molecule has 1 aromatic heterocycles. The van der Waals surface area contributed by atoms with Crippen LogP contribution < -0.4 is 5.32 Å². The summed E-state index contributed by atoms with van der Waals surface area (Å²) in [5.74, 6) is 0.545. The minimum atomic E-state index is -0.00954. The van der Waals surface area contributed by atoms with Crippen LogP contribution in [0.4, 0.5) is 5.82 Å². The van der Waals surface area contributed by atoms with E-state index in [1.54, 1.807) is 12.1 Å². The molecule has 2 aliphatic rings. The van der Waals surface area contributed by atoms with E-state index in [0.29, 0.717) is 17.4 Å². The van der Waals surface area contributed by atoms with Crippen LogP contribution in [0.1, 0.15) is 19.3 Å². The van der Waals surface area contributed by atoms with Crippen LogP contribution in [0.5, 0.6) is 0 Å². The second kappa shape index (κ2) is 6.73. The molecule has 0 radical (unpaired) electrons. The molecule has 6 heteroatoms. The van der Waals surface area contributed by atoms with Crippen molar-refractivity contribution in [1.29, 1.82) is 0 Å². The van der Waals surface area contributed by atoms with E-state index in [9.17, 15) is 4.79 Å². The zero-order valence-electron chi connectivity index (χ0n) is 12.1. The van der Waals surface area contributed by atoms with Crippen molar-refractivity contribution >= 4 is 23.3 Å². The summed E-state index contributed by atoms with van der Waals surface area (Å²) in [4.78, 5) is 20.9. The Morgan fingerprint density at radius 2 is 2.14 bits per heavy atom. The standard InChI is InChI=1S/C15H21ClN4O/c16-12-2-5-14(17-10-12)18-15(21)11-19-6-1-7-20(9-8-19)13-3-4-13/h2,5,10,13H,1,3-4,6-9,11H2,(H,17,18,21). The molecule has 0 atom stereocenters. The van der Waals surface area contributed by atoms with Gasteiger partial charge in [-0.2, -0.15) is 0 Å². The third-order valence-corrected chi connectivity index (χ3v) is 4.27. The minimum absolute atomic E-state index is 0.00954. The lowest BCUT2D eigenvalue weighted by atomic mass is 10.3. The zero-order valence-corrected chi connectivity index (χ0v) is 12.9. The lowest BCUT2D eigenvalue weighted by molar-refractivity contribution is -0.117. The number of anilines is 1. The van der Waals surface area contributed by atoms with Crippen LogP contribution in [-0.4, -0.2) is 59.5 Å². The molecule has 5 nitrogen and oxygen atoms in total. The summed E-state index contributed by atoms with van der Waals surface area (Å²) in [5.41, 5.74) is 0. The van der Waals surface area contributed by atoms with Gasteiger partial charge in [0.15, 0.2) is 0 Å². The van der Waals surface area contributed by atoms with Gasteiger partial charge in [-0.15, -0.1) is 0 Å². The highest BCUT2D eigenvalue weighted by Gasteiger charge is 2.30. The molecule has 1 aliphatic heterocycles. The summed E-state index contributed by atoms with van der Waals surface area (Å²) in [6, 6.07) is 4.26. The Kier molecular flexibility index (Phi) is 4.73. The lowest BCUT2D eigenvalue weighted by Gasteiger charge is -2.21. The fourth-order valence-corrected chi connectivity index (χ4v) is 2.90. The second-order valence-electron chi connectivity index (χ2n) is 5.81. The molecule has 0 unspecified atom stereocenters. The molecule has 0 spiro atoms. The van der Waals surface area contributed by atoms with Crippen molar-refractivity contribution in [2.75, 3.05) is 38.0 Å². The molecule has 2 heterocycles. The highest BCUT2D eigenvalue weighted by atomic mass is 35.5. The maximum absolute atomic E-state index is 12.1. The Morgan fingerprint density at radius 3 is 2.86 bits per heavy atom. The molecule has 0 bridgehead atoms. The van der Waals surface area contributed by atoms with Crippen molar-refractivity contribution in [3.05, 3.63) is 23.4 Å². The van der Waals surface area contributed by atoms with Gasteiger partial charge >= 0.3 is 0 Å². The minimum Gasteiger partial charge on any atom is -0.310 e. The van der Waals surface area contributed by atoms with Gasteiger partial charge in [0.1, 0.15) is 5.82 Å².